The van der Waals surface area contributed by atoms with Gasteiger partial charge in [-0.15, -0.1) is 0 Å². The van der Waals surface area contributed by atoms with Crippen molar-refractivity contribution in [2.24, 2.45) is 5.92 Å². The summed E-state index contributed by atoms with van der Waals surface area (Å²) in [7, 11) is 3.87. The molecule has 124 valence electrons. The van der Waals surface area contributed by atoms with Crippen molar-refractivity contribution in [1.29, 1.82) is 0 Å². The number of likely N-dealkylation sites (N-methyl/N-ethyl adjacent to an activating group) is 1. The molecule has 1 heterocycles. The van der Waals surface area contributed by atoms with Crippen LogP contribution in [0.3, 0.4) is 0 Å². The third kappa shape index (κ3) is 1.78. The Morgan fingerprint density at radius 2 is 2.22 bits per heavy atom. The Kier molecular flexibility index (Phi) is 3.24. The van der Waals surface area contributed by atoms with E-state index < -0.39 is 0 Å². The van der Waals surface area contributed by atoms with Gasteiger partial charge >= 0.3 is 0 Å². The standard InChI is InChI=1S/C19H25NO3/c1-5-20(3)13-10-11-6-9-15(22-4)17-16(11)19(2)12(13)7-8-14(21)18(19)23-17/h6,9,12-13,18H,5,7-8,10H2,1-4H3/t12?,13-,18+,19+/m1/s1. The van der Waals surface area contributed by atoms with Gasteiger partial charge in [-0.05, 0) is 44.0 Å². The summed E-state index contributed by atoms with van der Waals surface area (Å²) in [6.45, 7) is 5.47. The molecular weight excluding hydrogens is 290 g/mol. The molecule has 4 heteroatoms. The van der Waals surface area contributed by atoms with Crippen LogP contribution < -0.4 is 9.47 Å². The van der Waals surface area contributed by atoms with E-state index in [4.69, 9.17) is 9.47 Å². The normalized spacial score (nSPS) is 34.3. The number of Topliss-reactive ketones (excluding diaryl/α,β-unsaturated/α-hetero) is 1. The maximum absolute atomic E-state index is 12.6. The minimum absolute atomic E-state index is 0.221. The number of benzene rings is 1. The van der Waals surface area contributed by atoms with Crippen LogP contribution in [0.5, 0.6) is 11.5 Å². The van der Waals surface area contributed by atoms with Crippen molar-refractivity contribution in [3.63, 3.8) is 0 Å². The van der Waals surface area contributed by atoms with Crippen molar-refractivity contribution < 1.29 is 14.3 Å². The van der Waals surface area contributed by atoms with Gasteiger partial charge in [-0.2, -0.15) is 0 Å². The molecule has 4 atom stereocenters. The molecule has 1 aromatic carbocycles. The molecule has 0 saturated heterocycles. The Hall–Kier alpha value is -1.55. The van der Waals surface area contributed by atoms with E-state index in [1.807, 2.05) is 6.07 Å². The Bertz CT molecular complexity index is 671. The smallest absolute Gasteiger partial charge is 0.174 e. The van der Waals surface area contributed by atoms with Crippen molar-refractivity contribution in [3.8, 4) is 11.5 Å². The summed E-state index contributed by atoms with van der Waals surface area (Å²) in [5.74, 6) is 2.27. The highest BCUT2D eigenvalue weighted by Crippen LogP contribution is 2.59. The van der Waals surface area contributed by atoms with Crippen LogP contribution in [-0.4, -0.2) is 43.5 Å². The molecule has 2 aliphatic carbocycles. The van der Waals surface area contributed by atoms with Gasteiger partial charge in [0.05, 0.1) is 7.11 Å². The lowest BCUT2D eigenvalue weighted by atomic mass is 9.55. The van der Waals surface area contributed by atoms with Crippen molar-refractivity contribution in [3.05, 3.63) is 23.3 Å². The number of nitrogens with zero attached hydrogens (tertiary/aromatic N) is 1. The van der Waals surface area contributed by atoms with Crippen LogP contribution in [-0.2, 0) is 16.6 Å². The third-order valence-corrected chi connectivity index (χ3v) is 6.47. The molecule has 0 bridgehead atoms. The quantitative estimate of drug-likeness (QED) is 0.859. The number of methoxy groups -OCH3 is 1. The molecular formula is C19H25NO3. The van der Waals surface area contributed by atoms with Crippen molar-refractivity contribution in [2.45, 2.75) is 50.7 Å². The largest absolute Gasteiger partial charge is 0.493 e. The maximum atomic E-state index is 12.6. The minimum Gasteiger partial charge on any atom is -0.493 e. The number of ether oxygens (including phenoxy) is 2. The second-order valence-electron chi connectivity index (χ2n) is 7.37. The van der Waals surface area contributed by atoms with E-state index in [-0.39, 0.29) is 17.3 Å². The Balaban J connectivity index is 1.93. The third-order valence-electron chi connectivity index (χ3n) is 6.47. The van der Waals surface area contributed by atoms with E-state index in [1.165, 1.54) is 11.1 Å². The Morgan fingerprint density at radius 3 is 2.91 bits per heavy atom. The average molecular weight is 315 g/mol. The molecule has 0 radical (unpaired) electrons. The van der Waals surface area contributed by atoms with Crippen LogP contribution in [0, 0.1) is 5.92 Å². The van der Waals surface area contributed by atoms with E-state index in [0.717, 1.165) is 30.9 Å². The van der Waals surface area contributed by atoms with E-state index >= 15 is 0 Å². The molecule has 1 aromatic rings. The fourth-order valence-electron chi connectivity index (χ4n) is 5.18. The van der Waals surface area contributed by atoms with E-state index in [0.29, 0.717) is 18.4 Å². The number of rotatable bonds is 3. The second-order valence-corrected chi connectivity index (χ2v) is 7.37. The van der Waals surface area contributed by atoms with E-state index in [9.17, 15) is 4.79 Å². The lowest BCUT2D eigenvalue weighted by Gasteiger charge is -2.51. The van der Waals surface area contributed by atoms with Gasteiger partial charge in [0.2, 0.25) is 0 Å². The SMILES string of the molecule is CCN(C)[C@@H]1Cc2ccc(OC)c3c2[C@]2(C)C1CCC(=O)[C@@H]2O3. The fourth-order valence-corrected chi connectivity index (χ4v) is 5.18. The zero-order chi connectivity index (χ0) is 16.4. The van der Waals surface area contributed by atoms with Gasteiger partial charge in [-0.3, -0.25) is 4.79 Å². The topological polar surface area (TPSA) is 38.8 Å². The fraction of sp³-hybridized carbons (Fsp3) is 0.632. The molecule has 1 saturated carbocycles. The summed E-state index contributed by atoms with van der Waals surface area (Å²) in [4.78, 5) is 15.0. The molecule has 0 aromatic heterocycles. The Labute approximate surface area is 137 Å². The average Bonchev–Trinajstić information content (AvgIpc) is 2.88. The molecule has 1 aliphatic heterocycles. The summed E-state index contributed by atoms with van der Waals surface area (Å²) >= 11 is 0. The highest BCUT2D eigenvalue weighted by Gasteiger charge is 2.61. The van der Waals surface area contributed by atoms with E-state index in [2.05, 4.69) is 31.9 Å². The molecule has 3 aliphatic rings. The van der Waals surface area contributed by atoms with Gasteiger partial charge in [0.15, 0.2) is 23.4 Å². The van der Waals surface area contributed by atoms with Crippen LogP contribution >= 0.6 is 0 Å². The predicted octanol–water partition coefficient (Wildman–Crippen LogP) is 2.57. The molecule has 0 amide bonds. The molecule has 4 rings (SSSR count). The Morgan fingerprint density at radius 1 is 1.43 bits per heavy atom. The number of hydrogen-bond acceptors (Lipinski definition) is 4. The minimum atomic E-state index is -0.348. The van der Waals surface area contributed by atoms with Crippen LogP contribution in [0.2, 0.25) is 0 Å². The molecule has 23 heavy (non-hydrogen) atoms. The lowest BCUT2D eigenvalue weighted by Crippen LogP contribution is -2.59. The summed E-state index contributed by atoms with van der Waals surface area (Å²) in [6, 6.07) is 4.62. The summed E-state index contributed by atoms with van der Waals surface area (Å²) in [5.41, 5.74) is 2.34. The zero-order valence-electron chi connectivity index (χ0n) is 14.4. The molecule has 0 N–H and O–H groups in total. The number of carbonyl (C=O) groups is 1. The molecule has 1 unspecified atom stereocenters. The van der Waals surface area contributed by atoms with Gasteiger partial charge in [0, 0.05) is 23.4 Å². The van der Waals surface area contributed by atoms with Gasteiger partial charge in [0.1, 0.15) is 0 Å². The summed E-state index contributed by atoms with van der Waals surface area (Å²) < 4.78 is 11.7. The molecule has 0 spiro atoms. The highest BCUT2D eigenvalue weighted by molar-refractivity contribution is 5.88. The van der Waals surface area contributed by atoms with Crippen LogP contribution in [0.4, 0.5) is 0 Å². The predicted molar refractivity (Wildman–Crippen MR) is 88.3 cm³/mol. The first kappa shape index (κ1) is 15.0. The van der Waals surface area contributed by atoms with Gasteiger partial charge in [0.25, 0.3) is 0 Å². The first-order valence-electron chi connectivity index (χ1n) is 8.62. The highest BCUT2D eigenvalue weighted by atomic mass is 16.5. The lowest BCUT2D eigenvalue weighted by molar-refractivity contribution is -0.134. The van der Waals surface area contributed by atoms with Crippen LogP contribution in [0.25, 0.3) is 0 Å². The van der Waals surface area contributed by atoms with Gasteiger partial charge in [-0.25, -0.2) is 0 Å². The van der Waals surface area contributed by atoms with Crippen molar-refractivity contribution >= 4 is 5.78 Å². The maximum Gasteiger partial charge on any atom is 0.174 e. The van der Waals surface area contributed by atoms with Crippen molar-refractivity contribution in [1.82, 2.24) is 4.90 Å². The second kappa shape index (κ2) is 4.97. The van der Waals surface area contributed by atoms with Gasteiger partial charge < -0.3 is 14.4 Å². The van der Waals surface area contributed by atoms with Crippen LogP contribution in [0.1, 0.15) is 37.8 Å². The van der Waals surface area contributed by atoms with Crippen molar-refractivity contribution in [2.75, 3.05) is 20.7 Å². The van der Waals surface area contributed by atoms with E-state index in [1.54, 1.807) is 7.11 Å². The molecule has 4 nitrogen and oxygen atoms in total. The van der Waals surface area contributed by atoms with Gasteiger partial charge in [-0.1, -0.05) is 19.9 Å². The first-order chi connectivity index (χ1) is 11.0. The monoisotopic (exact) mass is 315 g/mol. The number of hydrogen-bond donors (Lipinski definition) is 0. The van der Waals surface area contributed by atoms with Crippen LogP contribution in [0.15, 0.2) is 12.1 Å². The summed E-state index contributed by atoms with van der Waals surface area (Å²) in [5, 5.41) is 0. The summed E-state index contributed by atoms with van der Waals surface area (Å²) in [6.07, 6.45) is 2.27. The molecule has 1 fully saturated rings. The first-order valence-corrected chi connectivity index (χ1v) is 8.62. The number of ketones is 1. The number of carbonyl (C=O) groups excluding carboxylic acids is 1. The zero-order valence-corrected chi connectivity index (χ0v) is 14.4.